The Kier molecular flexibility index (Phi) is 3.39. The number of H-pyrrole nitrogens is 1. The topological polar surface area (TPSA) is 76.8 Å². The van der Waals surface area contributed by atoms with Crippen molar-refractivity contribution in [2.75, 3.05) is 7.11 Å². The summed E-state index contributed by atoms with van der Waals surface area (Å²) in [4.78, 5) is 4.24. The molecule has 2 unspecified atom stereocenters. The first kappa shape index (κ1) is 10.1. The Labute approximate surface area is 77.7 Å². The smallest absolute Gasteiger partial charge is 0.167 e. The van der Waals surface area contributed by atoms with E-state index in [0.717, 1.165) is 12.2 Å². The molecular weight excluding hydrogens is 168 g/mol. The van der Waals surface area contributed by atoms with Crippen molar-refractivity contribution in [1.29, 1.82) is 0 Å². The number of methoxy groups -OCH3 is 1. The Morgan fingerprint density at radius 3 is 2.69 bits per heavy atom. The van der Waals surface area contributed by atoms with E-state index >= 15 is 0 Å². The lowest BCUT2D eigenvalue weighted by atomic mass is 10.2. The van der Waals surface area contributed by atoms with Crippen LogP contribution in [0.1, 0.15) is 44.1 Å². The number of nitrogens with zero attached hydrogens (tertiary/aromatic N) is 2. The maximum absolute atomic E-state index is 5.62. The van der Waals surface area contributed by atoms with Crippen LogP contribution < -0.4 is 5.73 Å². The molecule has 1 rings (SSSR count). The van der Waals surface area contributed by atoms with E-state index in [4.69, 9.17) is 10.5 Å². The Hall–Kier alpha value is -0.940. The summed E-state index contributed by atoms with van der Waals surface area (Å²) in [7, 11) is 1.65. The summed E-state index contributed by atoms with van der Waals surface area (Å²) in [6.07, 6.45) is 0.851. The van der Waals surface area contributed by atoms with Crippen LogP contribution in [0.3, 0.4) is 0 Å². The predicted octanol–water partition coefficient (Wildman–Crippen LogP) is 0.922. The lowest BCUT2D eigenvalue weighted by molar-refractivity contribution is 0.0928. The molecule has 3 N–H and O–H groups in total. The molecule has 0 aliphatic heterocycles. The van der Waals surface area contributed by atoms with Gasteiger partial charge in [0.15, 0.2) is 11.6 Å². The summed E-state index contributed by atoms with van der Waals surface area (Å²) < 4.78 is 5.20. The first-order valence-electron chi connectivity index (χ1n) is 4.39. The Bertz CT molecular complexity index is 254. The maximum atomic E-state index is 5.62. The molecule has 0 aliphatic rings. The van der Waals surface area contributed by atoms with Gasteiger partial charge < -0.3 is 10.5 Å². The highest BCUT2D eigenvalue weighted by molar-refractivity contribution is 4.97. The van der Waals surface area contributed by atoms with Gasteiger partial charge in [0, 0.05) is 7.11 Å². The van der Waals surface area contributed by atoms with Crippen LogP contribution in [-0.4, -0.2) is 22.3 Å². The van der Waals surface area contributed by atoms with E-state index < -0.39 is 0 Å². The van der Waals surface area contributed by atoms with E-state index in [9.17, 15) is 0 Å². The van der Waals surface area contributed by atoms with Crippen molar-refractivity contribution in [3.8, 4) is 0 Å². The molecule has 5 nitrogen and oxygen atoms in total. The third-order valence-corrected chi connectivity index (χ3v) is 1.89. The monoisotopic (exact) mass is 184 g/mol. The Morgan fingerprint density at radius 2 is 2.31 bits per heavy atom. The van der Waals surface area contributed by atoms with Gasteiger partial charge in [0.2, 0.25) is 0 Å². The van der Waals surface area contributed by atoms with Crippen LogP contribution in [0.15, 0.2) is 0 Å². The number of nitrogens with one attached hydrogen (secondary N) is 1. The molecule has 0 spiro atoms. The van der Waals surface area contributed by atoms with Crippen LogP contribution in [0.5, 0.6) is 0 Å². The largest absolute Gasteiger partial charge is 0.373 e. The number of aromatic amines is 1. The van der Waals surface area contributed by atoms with Gasteiger partial charge in [-0.05, 0) is 13.3 Å². The zero-order valence-electron chi connectivity index (χ0n) is 8.24. The minimum Gasteiger partial charge on any atom is -0.373 e. The summed E-state index contributed by atoms with van der Waals surface area (Å²) in [5.41, 5.74) is 5.62. The van der Waals surface area contributed by atoms with Gasteiger partial charge in [-0.2, -0.15) is 5.10 Å². The van der Waals surface area contributed by atoms with Gasteiger partial charge in [0.05, 0.1) is 6.04 Å². The molecule has 74 valence electrons. The van der Waals surface area contributed by atoms with Crippen LogP contribution in [0.2, 0.25) is 0 Å². The average Bonchev–Trinajstić information content (AvgIpc) is 2.56. The second kappa shape index (κ2) is 4.34. The second-order valence-corrected chi connectivity index (χ2v) is 3.00. The van der Waals surface area contributed by atoms with Crippen LogP contribution in [0, 0.1) is 0 Å². The molecule has 0 bridgehead atoms. The van der Waals surface area contributed by atoms with Gasteiger partial charge >= 0.3 is 0 Å². The normalized spacial score (nSPS) is 15.7. The van der Waals surface area contributed by atoms with Crippen molar-refractivity contribution in [3.63, 3.8) is 0 Å². The summed E-state index contributed by atoms with van der Waals surface area (Å²) >= 11 is 0. The fourth-order valence-corrected chi connectivity index (χ4v) is 1.11. The van der Waals surface area contributed by atoms with E-state index in [1.54, 1.807) is 7.11 Å². The maximum Gasteiger partial charge on any atom is 0.167 e. The fourth-order valence-electron chi connectivity index (χ4n) is 1.11. The molecule has 1 heterocycles. The molecule has 5 heteroatoms. The molecule has 1 aromatic heterocycles. The van der Waals surface area contributed by atoms with E-state index in [1.807, 2.05) is 13.8 Å². The second-order valence-electron chi connectivity index (χ2n) is 3.00. The van der Waals surface area contributed by atoms with E-state index in [1.165, 1.54) is 0 Å². The molecule has 0 fully saturated rings. The number of hydrogen-bond acceptors (Lipinski definition) is 4. The quantitative estimate of drug-likeness (QED) is 0.729. The molecule has 0 saturated heterocycles. The average molecular weight is 184 g/mol. The van der Waals surface area contributed by atoms with Crippen LogP contribution in [0.25, 0.3) is 0 Å². The van der Waals surface area contributed by atoms with E-state index in [0.29, 0.717) is 5.82 Å². The number of rotatable bonds is 4. The number of hydrogen-bond donors (Lipinski definition) is 2. The molecule has 0 radical (unpaired) electrons. The highest BCUT2D eigenvalue weighted by Gasteiger charge is 2.14. The number of nitrogens with two attached hydrogens (primary N) is 1. The summed E-state index contributed by atoms with van der Waals surface area (Å²) in [5.74, 6) is 1.38. The number of aromatic nitrogens is 3. The molecule has 0 aromatic carbocycles. The molecule has 0 saturated carbocycles. The van der Waals surface area contributed by atoms with Crippen LogP contribution in [0.4, 0.5) is 0 Å². The van der Waals surface area contributed by atoms with E-state index in [2.05, 4.69) is 15.2 Å². The van der Waals surface area contributed by atoms with E-state index in [-0.39, 0.29) is 12.1 Å². The summed E-state index contributed by atoms with van der Waals surface area (Å²) in [6.45, 7) is 3.88. The summed E-state index contributed by atoms with van der Waals surface area (Å²) in [5, 5.41) is 6.81. The van der Waals surface area contributed by atoms with Crippen molar-refractivity contribution < 1.29 is 4.74 Å². The van der Waals surface area contributed by atoms with Gasteiger partial charge in [-0.15, -0.1) is 0 Å². The van der Waals surface area contributed by atoms with Crippen molar-refractivity contribution in [1.82, 2.24) is 15.2 Å². The molecule has 1 aromatic rings. The third kappa shape index (κ3) is 2.26. The zero-order valence-corrected chi connectivity index (χ0v) is 8.24. The molecule has 2 atom stereocenters. The van der Waals surface area contributed by atoms with Crippen molar-refractivity contribution in [2.24, 2.45) is 5.73 Å². The minimum atomic E-state index is -0.139. The van der Waals surface area contributed by atoms with Crippen molar-refractivity contribution >= 4 is 0 Å². The lowest BCUT2D eigenvalue weighted by Crippen LogP contribution is -2.07. The van der Waals surface area contributed by atoms with Crippen molar-refractivity contribution in [2.45, 2.75) is 32.4 Å². The first-order chi connectivity index (χ1) is 6.19. The Morgan fingerprint density at radius 1 is 1.62 bits per heavy atom. The van der Waals surface area contributed by atoms with Crippen molar-refractivity contribution in [3.05, 3.63) is 11.6 Å². The fraction of sp³-hybridized carbons (Fsp3) is 0.750. The van der Waals surface area contributed by atoms with Gasteiger partial charge in [0.1, 0.15) is 6.10 Å². The van der Waals surface area contributed by atoms with Gasteiger partial charge in [-0.25, -0.2) is 4.98 Å². The van der Waals surface area contributed by atoms with Crippen LogP contribution >= 0.6 is 0 Å². The number of ether oxygens (including phenoxy) is 1. The summed E-state index contributed by atoms with van der Waals surface area (Å²) in [6, 6.07) is -0.139. The highest BCUT2D eigenvalue weighted by Crippen LogP contribution is 2.16. The van der Waals surface area contributed by atoms with Crippen LogP contribution in [-0.2, 0) is 4.74 Å². The third-order valence-electron chi connectivity index (χ3n) is 1.89. The Balaban J connectivity index is 2.78. The SMILES string of the molecule is CCC(OC)c1nc(C(C)N)n[nH]1. The van der Waals surface area contributed by atoms with Gasteiger partial charge in [0.25, 0.3) is 0 Å². The lowest BCUT2D eigenvalue weighted by Gasteiger charge is -2.07. The molecule has 13 heavy (non-hydrogen) atoms. The predicted molar refractivity (Wildman–Crippen MR) is 49.0 cm³/mol. The first-order valence-corrected chi connectivity index (χ1v) is 4.39. The highest BCUT2D eigenvalue weighted by atomic mass is 16.5. The molecular formula is C8H16N4O. The van der Waals surface area contributed by atoms with Gasteiger partial charge in [-0.3, -0.25) is 5.10 Å². The van der Waals surface area contributed by atoms with Gasteiger partial charge in [-0.1, -0.05) is 6.92 Å². The zero-order chi connectivity index (χ0) is 9.84. The molecule has 0 amide bonds. The molecule has 0 aliphatic carbocycles. The minimum absolute atomic E-state index is 0.0139. The standard InChI is InChI=1S/C8H16N4O/c1-4-6(13-3)8-10-7(5(2)9)11-12-8/h5-6H,4,9H2,1-3H3,(H,10,11,12).